The average molecular weight is 235 g/mol. The Bertz CT molecular complexity index is 417. The molecule has 1 aliphatic heterocycles. The van der Waals surface area contributed by atoms with Gasteiger partial charge in [0.15, 0.2) is 0 Å². The highest BCUT2D eigenvalue weighted by atomic mass is 15.1. The minimum atomic E-state index is 0. The summed E-state index contributed by atoms with van der Waals surface area (Å²) in [5.41, 5.74) is 14.0. The first-order valence-corrected chi connectivity index (χ1v) is 5.33. The minimum absolute atomic E-state index is 0. The number of amidine groups is 1. The number of guanidine groups is 1. The van der Waals surface area contributed by atoms with E-state index in [1.165, 1.54) is 11.1 Å². The highest BCUT2D eigenvalue weighted by Crippen LogP contribution is 2.29. The number of nitrogens with one attached hydrogen (secondary N) is 1. The molecule has 0 aromatic rings. The molecule has 5 heteroatoms. The molecule has 0 aromatic heterocycles. The molecule has 1 aliphatic carbocycles. The molecule has 0 spiro atoms. The molecule has 0 radical (unpaired) electrons. The lowest BCUT2D eigenvalue weighted by Gasteiger charge is -2.30. The third-order valence-corrected chi connectivity index (χ3v) is 3.02. The number of likely N-dealkylation sites (N-methyl/N-ethyl adjacent to an activating group) is 1. The van der Waals surface area contributed by atoms with E-state index in [0.717, 1.165) is 6.54 Å². The minimum Gasteiger partial charge on any atom is -0.386 e. The van der Waals surface area contributed by atoms with Gasteiger partial charge in [-0.05, 0) is 19.5 Å². The Hall–Kier alpha value is -1.62. The molecule has 0 bridgehead atoms. The Labute approximate surface area is 102 Å². The summed E-state index contributed by atoms with van der Waals surface area (Å²) in [6.07, 6.45) is 4.13. The molecule has 2 aliphatic rings. The van der Waals surface area contributed by atoms with Crippen LogP contribution in [0.5, 0.6) is 0 Å². The number of fused-ring (bicyclic) bond motifs is 1. The highest BCUT2D eigenvalue weighted by molar-refractivity contribution is 5.99. The molecule has 0 amide bonds. The van der Waals surface area contributed by atoms with E-state index in [4.69, 9.17) is 11.5 Å². The van der Waals surface area contributed by atoms with Gasteiger partial charge in [0, 0.05) is 6.54 Å². The fraction of sp³-hybridized carbons (Fsp3) is 0.500. The van der Waals surface area contributed by atoms with Gasteiger partial charge >= 0.3 is 0 Å². The normalized spacial score (nSPS) is 26.9. The van der Waals surface area contributed by atoms with E-state index in [0.29, 0.717) is 5.84 Å². The zero-order chi connectivity index (χ0) is 11.7. The predicted molar refractivity (Wildman–Crippen MR) is 73.0 cm³/mol. The maximum atomic E-state index is 5.93. The van der Waals surface area contributed by atoms with Gasteiger partial charge in [0.2, 0.25) is 5.96 Å². The molecule has 0 aromatic carbocycles. The molecular formula is C12H21N5. The Morgan fingerprint density at radius 2 is 2.12 bits per heavy atom. The molecule has 0 saturated heterocycles. The quantitative estimate of drug-likeness (QED) is 0.647. The summed E-state index contributed by atoms with van der Waals surface area (Å²) in [6, 6.07) is 0.0121. The summed E-state index contributed by atoms with van der Waals surface area (Å²) in [6.45, 7) is 2.91. The maximum Gasteiger partial charge on any atom is 0.217 e. The van der Waals surface area contributed by atoms with Gasteiger partial charge in [-0.2, -0.15) is 0 Å². The van der Waals surface area contributed by atoms with E-state index >= 15 is 0 Å². The van der Waals surface area contributed by atoms with E-state index in [-0.39, 0.29) is 25.3 Å². The number of hydrogen-bond donors (Lipinski definition) is 3. The summed E-state index contributed by atoms with van der Waals surface area (Å²) in [4.78, 5) is 8.33. The van der Waals surface area contributed by atoms with Crippen molar-refractivity contribution < 1.29 is 0 Å². The monoisotopic (exact) mass is 235 g/mol. The van der Waals surface area contributed by atoms with Gasteiger partial charge in [-0.25, -0.2) is 9.98 Å². The second-order valence-corrected chi connectivity index (χ2v) is 4.09. The lowest BCUT2D eigenvalue weighted by molar-refractivity contribution is 0.652. The first-order chi connectivity index (χ1) is 7.63. The second kappa shape index (κ2) is 5.14. The summed E-state index contributed by atoms with van der Waals surface area (Å²) >= 11 is 0. The molecule has 5 nitrogen and oxygen atoms in total. The smallest absolute Gasteiger partial charge is 0.217 e. The van der Waals surface area contributed by atoms with Crippen LogP contribution in [0.25, 0.3) is 0 Å². The van der Waals surface area contributed by atoms with Crippen LogP contribution in [0.4, 0.5) is 0 Å². The summed E-state index contributed by atoms with van der Waals surface area (Å²) in [5, 5.41) is 3.14. The molecule has 94 valence electrons. The van der Waals surface area contributed by atoms with Gasteiger partial charge in [-0.3, -0.25) is 0 Å². The van der Waals surface area contributed by atoms with Gasteiger partial charge in [-0.1, -0.05) is 25.2 Å². The number of nitrogens with zero attached hydrogens (tertiary/aromatic N) is 2. The maximum absolute atomic E-state index is 5.93. The van der Waals surface area contributed by atoms with Gasteiger partial charge in [-0.15, -0.1) is 0 Å². The van der Waals surface area contributed by atoms with E-state index in [9.17, 15) is 0 Å². The van der Waals surface area contributed by atoms with Crippen LogP contribution >= 0.6 is 0 Å². The molecule has 5 N–H and O–H groups in total. The fourth-order valence-electron chi connectivity index (χ4n) is 2.20. The van der Waals surface area contributed by atoms with E-state index < -0.39 is 0 Å². The van der Waals surface area contributed by atoms with Crippen molar-refractivity contribution in [3.8, 4) is 0 Å². The lowest BCUT2D eigenvalue weighted by Crippen LogP contribution is -2.40. The Balaban J connectivity index is 0.00000144. The standard InChI is InChI=1S/C11H17N5.CH4/c1-6-7(5-14-2)3-4-8-9(6)10(12)16-11(13)15-8;/h3-4,8-9,14H,5H2,1-2H3,(H4,12,13,15,16);1H4. The lowest BCUT2D eigenvalue weighted by atomic mass is 9.83. The zero-order valence-corrected chi connectivity index (χ0v) is 9.57. The van der Waals surface area contributed by atoms with E-state index in [2.05, 4.69) is 28.3 Å². The van der Waals surface area contributed by atoms with Crippen molar-refractivity contribution in [1.29, 1.82) is 0 Å². The topological polar surface area (TPSA) is 88.8 Å². The van der Waals surface area contributed by atoms with Crippen LogP contribution in [0.3, 0.4) is 0 Å². The van der Waals surface area contributed by atoms with Crippen LogP contribution < -0.4 is 16.8 Å². The van der Waals surface area contributed by atoms with Crippen LogP contribution in [0, 0.1) is 5.92 Å². The molecule has 2 atom stereocenters. The molecular weight excluding hydrogens is 214 g/mol. The summed E-state index contributed by atoms with van der Waals surface area (Å²) in [5.74, 6) is 0.905. The zero-order valence-electron chi connectivity index (χ0n) is 9.57. The first kappa shape index (κ1) is 13.4. The van der Waals surface area contributed by atoms with Crippen LogP contribution in [0.1, 0.15) is 14.4 Å². The van der Waals surface area contributed by atoms with Crippen molar-refractivity contribution in [3.05, 3.63) is 23.3 Å². The largest absolute Gasteiger partial charge is 0.386 e. The SMILES string of the molecule is C.CNCC1=C(C)C2C(N)=NC(N)=NC2C=C1. The van der Waals surface area contributed by atoms with E-state index in [1.54, 1.807) is 0 Å². The van der Waals surface area contributed by atoms with Crippen molar-refractivity contribution in [1.82, 2.24) is 5.32 Å². The molecule has 2 unspecified atom stereocenters. The van der Waals surface area contributed by atoms with Gasteiger partial charge in [0.1, 0.15) is 5.84 Å². The van der Waals surface area contributed by atoms with Crippen molar-refractivity contribution >= 4 is 11.8 Å². The van der Waals surface area contributed by atoms with Crippen molar-refractivity contribution in [2.24, 2.45) is 27.4 Å². The number of nitrogens with two attached hydrogens (primary N) is 2. The van der Waals surface area contributed by atoms with E-state index in [1.807, 2.05) is 13.1 Å². The second-order valence-electron chi connectivity index (χ2n) is 4.09. The summed E-state index contributed by atoms with van der Waals surface area (Å²) in [7, 11) is 1.93. The van der Waals surface area contributed by atoms with Crippen molar-refractivity contribution in [3.63, 3.8) is 0 Å². The molecule has 2 rings (SSSR count). The molecule has 17 heavy (non-hydrogen) atoms. The predicted octanol–water partition coefficient (Wildman–Crippen LogP) is 0.399. The van der Waals surface area contributed by atoms with Crippen molar-refractivity contribution in [2.45, 2.75) is 20.4 Å². The number of aliphatic imine (C=N–C) groups is 2. The summed E-state index contributed by atoms with van der Waals surface area (Å²) < 4.78 is 0. The first-order valence-electron chi connectivity index (χ1n) is 5.33. The van der Waals surface area contributed by atoms with Crippen LogP contribution in [0.15, 0.2) is 33.3 Å². The average Bonchev–Trinajstić information content (AvgIpc) is 2.21. The van der Waals surface area contributed by atoms with Crippen LogP contribution in [-0.2, 0) is 0 Å². The Morgan fingerprint density at radius 3 is 2.76 bits per heavy atom. The van der Waals surface area contributed by atoms with Gasteiger partial charge in [0.25, 0.3) is 0 Å². The van der Waals surface area contributed by atoms with Crippen molar-refractivity contribution in [2.75, 3.05) is 13.6 Å². The Kier molecular flexibility index (Phi) is 4.07. The molecule has 0 fully saturated rings. The van der Waals surface area contributed by atoms with Crippen LogP contribution in [0.2, 0.25) is 0 Å². The van der Waals surface area contributed by atoms with Crippen LogP contribution in [-0.4, -0.2) is 31.4 Å². The fourth-order valence-corrected chi connectivity index (χ4v) is 2.20. The molecule has 1 heterocycles. The third-order valence-electron chi connectivity index (χ3n) is 3.02. The third kappa shape index (κ3) is 2.39. The van der Waals surface area contributed by atoms with Gasteiger partial charge in [0.05, 0.1) is 12.0 Å². The highest BCUT2D eigenvalue weighted by Gasteiger charge is 2.31. The Morgan fingerprint density at radius 1 is 1.41 bits per heavy atom. The molecule has 0 saturated carbocycles. The van der Waals surface area contributed by atoms with Gasteiger partial charge < -0.3 is 16.8 Å². The number of rotatable bonds is 2. The number of hydrogen-bond acceptors (Lipinski definition) is 5.